The van der Waals surface area contributed by atoms with E-state index in [2.05, 4.69) is 4.72 Å². The highest BCUT2D eigenvalue weighted by Gasteiger charge is 2.26. The first-order chi connectivity index (χ1) is 7.15. The summed E-state index contributed by atoms with van der Waals surface area (Å²) in [5, 5.41) is 16.9. The van der Waals surface area contributed by atoms with Gasteiger partial charge in [0.1, 0.15) is 13.1 Å². The summed E-state index contributed by atoms with van der Waals surface area (Å²) in [5.74, 6) is -2.84. The molecule has 0 fully saturated rings. The van der Waals surface area contributed by atoms with Gasteiger partial charge in [-0.3, -0.25) is 9.59 Å². The summed E-state index contributed by atoms with van der Waals surface area (Å²) in [7, 11) is -4.09. The van der Waals surface area contributed by atoms with Crippen LogP contribution in [0.25, 0.3) is 0 Å². The standard InChI is InChI=1S/C7H14N2O6S/c1-5(2)8-16(14,15)9(3-6(10)11)4-7(12)13/h5,8H,3-4H2,1-2H3,(H,10,11)(H,12,13). The second kappa shape index (κ2) is 5.77. The topological polar surface area (TPSA) is 124 Å². The Labute approximate surface area is 93.0 Å². The lowest BCUT2D eigenvalue weighted by molar-refractivity contribution is -0.139. The van der Waals surface area contributed by atoms with Gasteiger partial charge < -0.3 is 10.2 Å². The molecule has 94 valence electrons. The number of aliphatic carboxylic acids is 2. The van der Waals surface area contributed by atoms with E-state index in [0.29, 0.717) is 4.31 Å². The second-order valence-electron chi connectivity index (χ2n) is 3.33. The van der Waals surface area contributed by atoms with Crippen LogP contribution in [0.15, 0.2) is 0 Å². The second-order valence-corrected chi connectivity index (χ2v) is 5.04. The van der Waals surface area contributed by atoms with Gasteiger partial charge in [0.2, 0.25) is 0 Å². The van der Waals surface area contributed by atoms with E-state index in [9.17, 15) is 18.0 Å². The first kappa shape index (κ1) is 14.8. The van der Waals surface area contributed by atoms with Crippen LogP contribution in [0.5, 0.6) is 0 Å². The van der Waals surface area contributed by atoms with E-state index in [1.54, 1.807) is 0 Å². The molecule has 3 N–H and O–H groups in total. The van der Waals surface area contributed by atoms with E-state index in [-0.39, 0.29) is 0 Å². The maximum Gasteiger partial charge on any atom is 0.318 e. The molecule has 0 radical (unpaired) electrons. The Kier molecular flexibility index (Phi) is 5.35. The van der Waals surface area contributed by atoms with Crippen molar-refractivity contribution in [2.75, 3.05) is 13.1 Å². The van der Waals surface area contributed by atoms with Crippen molar-refractivity contribution in [2.24, 2.45) is 0 Å². The van der Waals surface area contributed by atoms with Gasteiger partial charge in [-0.1, -0.05) is 0 Å². The number of nitrogens with zero attached hydrogens (tertiary/aromatic N) is 1. The lowest BCUT2D eigenvalue weighted by Crippen LogP contribution is -2.47. The van der Waals surface area contributed by atoms with Crippen molar-refractivity contribution in [3.63, 3.8) is 0 Å². The molecule has 0 aliphatic heterocycles. The van der Waals surface area contributed by atoms with Gasteiger partial charge in [0.15, 0.2) is 0 Å². The molecule has 0 heterocycles. The van der Waals surface area contributed by atoms with Crippen molar-refractivity contribution in [3.8, 4) is 0 Å². The van der Waals surface area contributed by atoms with E-state index in [0.717, 1.165) is 0 Å². The summed E-state index contributed by atoms with van der Waals surface area (Å²) in [4.78, 5) is 20.8. The molecule has 0 unspecified atom stereocenters. The van der Waals surface area contributed by atoms with Crippen molar-refractivity contribution >= 4 is 22.1 Å². The van der Waals surface area contributed by atoms with Crippen molar-refractivity contribution in [2.45, 2.75) is 19.9 Å². The van der Waals surface area contributed by atoms with Crippen LogP contribution in [0, 0.1) is 0 Å². The van der Waals surface area contributed by atoms with E-state index in [4.69, 9.17) is 10.2 Å². The Morgan fingerprint density at radius 3 is 1.81 bits per heavy atom. The fourth-order valence-electron chi connectivity index (χ4n) is 0.900. The van der Waals surface area contributed by atoms with Crippen LogP contribution in [-0.4, -0.2) is 54.0 Å². The summed E-state index contributed by atoms with van der Waals surface area (Å²) in [6, 6.07) is -0.449. The molecule has 0 rings (SSSR count). The largest absolute Gasteiger partial charge is 0.480 e. The zero-order valence-corrected chi connectivity index (χ0v) is 9.69. The van der Waals surface area contributed by atoms with Crippen LogP contribution in [0.1, 0.15) is 13.8 Å². The van der Waals surface area contributed by atoms with Gasteiger partial charge in [0.25, 0.3) is 10.2 Å². The zero-order valence-electron chi connectivity index (χ0n) is 8.87. The molecule has 8 nitrogen and oxygen atoms in total. The molecule has 0 saturated heterocycles. The fraction of sp³-hybridized carbons (Fsp3) is 0.714. The summed E-state index contributed by atoms with van der Waals surface area (Å²) in [6.45, 7) is 1.29. The quantitative estimate of drug-likeness (QED) is 0.518. The number of nitrogens with one attached hydrogen (secondary N) is 1. The van der Waals surface area contributed by atoms with Gasteiger partial charge in [-0.05, 0) is 13.8 Å². The monoisotopic (exact) mass is 254 g/mol. The molecular formula is C7H14N2O6S. The predicted octanol–water partition coefficient (Wildman–Crippen LogP) is -1.30. The third-order valence-corrected chi connectivity index (χ3v) is 3.06. The van der Waals surface area contributed by atoms with E-state index in [1.807, 2.05) is 0 Å². The number of carboxylic acid groups (broad SMARTS) is 2. The van der Waals surface area contributed by atoms with Crippen LogP contribution >= 0.6 is 0 Å². The summed E-state index contributed by atoms with van der Waals surface area (Å²) in [6.07, 6.45) is 0. The highest BCUT2D eigenvalue weighted by Crippen LogP contribution is 1.99. The van der Waals surface area contributed by atoms with Gasteiger partial charge in [-0.25, -0.2) is 0 Å². The molecule has 0 aromatic rings. The first-order valence-corrected chi connectivity index (χ1v) is 5.80. The minimum absolute atomic E-state index is 0.345. The smallest absolute Gasteiger partial charge is 0.318 e. The predicted molar refractivity (Wildman–Crippen MR) is 54.0 cm³/mol. The van der Waals surface area contributed by atoms with Gasteiger partial charge in [0, 0.05) is 6.04 Å². The average Bonchev–Trinajstić information content (AvgIpc) is 1.98. The van der Waals surface area contributed by atoms with Gasteiger partial charge in [-0.2, -0.15) is 17.4 Å². The number of hydrogen-bond acceptors (Lipinski definition) is 4. The van der Waals surface area contributed by atoms with Crippen molar-refractivity contribution in [1.82, 2.24) is 9.03 Å². The third-order valence-electron chi connectivity index (χ3n) is 1.35. The fourth-order valence-corrected chi connectivity index (χ4v) is 2.21. The Bertz CT molecular complexity index is 347. The Morgan fingerprint density at radius 1 is 1.19 bits per heavy atom. The summed E-state index contributed by atoms with van der Waals surface area (Å²) < 4.78 is 25.4. The van der Waals surface area contributed by atoms with E-state index < -0.39 is 41.3 Å². The van der Waals surface area contributed by atoms with Crippen molar-refractivity contribution in [3.05, 3.63) is 0 Å². The summed E-state index contributed by atoms with van der Waals surface area (Å²) in [5.41, 5.74) is 0. The van der Waals surface area contributed by atoms with E-state index >= 15 is 0 Å². The van der Waals surface area contributed by atoms with Crippen LogP contribution in [0.4, 0.5) is 0 Å². The molecular weight excluding hydrogens is 240 g/mol. The van der Waals surface area contributed by atoms with Crippen LogP contribution in [0.3, 0.4) is 0 Å². The van der Waals surface area contributed by atoms with Crippen LogP contribution in [-0.2, 0) is 19.8 Å². The van der Waals surface area contributed by atoms with E-state index in [1.165, 1.54) is 13.8 Å². The molecule has 0 aromatic carbocycles. The molecule has 0 atom stereocenters. The van der Waals surface area contributed by atoms with Gasteiger partial charge >= 0.3 is 11.9 Å². The molecule has 0 aliphatic rings. The minimum Gasteiger partial charge on any atom is -0.480 e. The molecule has 0 amide bonds. The highest BCUT2D eigenvalue weighted by atomic mass is 32.2. The van der Waals surface area contributed by atoms with Crippen LogP contribution < -0.4 is 4.72 Å². The third kappa shape index (κ3) is 5.63. The first-order valence-electron chi connectivity index (χ1n) is 4.36. The molecule has 0 spiro atoms. The molecule has 0 aromatic heterocycles. The van der Waals surface area contributed by atoms with Crippen molar-refractivity contribution < 1.29 is 28.2 Å². The average molecular weight is 254 g/mol. The molecule has 0 bridgehead atoms. The highest BCUT2D eigenvalue weighted by molar-refractivity contribution is 7.87. The Balaban J connectivity index is 4.86. The van der Waals surface area contributed by atoms with Gasteiger partial charge in [0.05, 0.1) is 0 Å². The Hall–Kier alpha value is -1.19. The molecule has 0 aliphatic carbocycles. The normalized spacial score (nSPS) is 12.0. The summed E-state index contributed by atoms with van der Waals surface area (Å²) >= 11 is 0. The maximum absolute atomic E-state index is 11.5. The minimum atomic E-state index is -4.09. The van der Waals surface area contributed by atoms with Crippen molar-refractivity contribution in [1.29, 1.82) is 0 Å². The Morgan fingerprint density at radius 2 is 1.56 bits per heavy atom. The number of carboxylic acids is 2. The number of hydrogen-bond donors (Lipinski definition) is 3. The maximum atomic E-state index is 11.5. The molecule has 9 heteroatoms. The number of carbonyl (C=O) groups is 2. The SMILES string of the molecule is CC(C)NS(=O)(=O)N(CC(=O)O)CC(=O)O. The lowest BCUT2D eigenvalue weighted by atomic mass is 10.4. The zero-order chi connectivity index (χ0) is 12.9. The van der Waals surface area contributed by atoms with Gasteiger partial charge in [-0.15, -0.1) is 0 Å². The lowest BCUT2D eigenvalue weighted by Gasteiger charge is -2.20. The number of rotatable bonds is 7. The molecule has 16 heavy (non-hydrogen) atoms. The van der Waals surface area contributed by atoms with Crippen LogP contribution in [0.2, 0.25) is 0 Å². The molecule has 0 saturated carbocycles.